The number of carbonyl (C=O) groups excluding carboxylic acids is 1. The molecule has 1 aliphatic rings. The van der Waals surface area contributed by atoms with Gasteiger partial charge in [0.05, 0.1) is 0 Å². The number of ether oxygens (including phenoxy) is 1. The molecule has 118 valence electrons. The van der Waals surface area contributed by atoms with E-state index >= 15 is 0 Å². The molecule has 0 bridgehead atoms. The normalized spacial score (nSPS) is 14.7. The number of rotatable bonds is 4. The van der Waals surface area contributed by atoms with E-state index in [4.69, 9.17) is 4.74 Å². The van der Waals surface area contributed by atoms with Gasteiger partial charge in [-0.15, -0.1) is 0 Å². The largest absolute Gasteiger partial charge is 0.443 e. The van der Waals surface area contributed by atoms with Gasteiger partial charge in [0.1, 0.15) is 5.60 Å². The van der Waals surface area contributed by atoms with Crippen LogP contribution in [0.15, 0.2) is 54.3 Å². The van der Waals surface area contributed by atoms with Crippen LogP contribution in [0.4, 0.5) is 4.79 Å². The zero-order valence-electron chi connectivity index (χ0n) is 13.5. The first-order valence-corrected chi connectivity index (χ1v) is 7.55. The lowest BCUT2D eigenvalue weighted by molar-refractivity contribution is 0.0349. The summed E-state index contributed by atoms with van der Waals surface area (Å²) < 4.78 is 5.34. The number of benzene rings is 1. The third-order valence-electron chi connectivity index (χ3n) is 3.15. The van der Waals surface area contributed by atoms with Crippen molar-refractivity contribution in [2.45, 2.75) is 32.9 Å². The van der Waals surface area contributed by atoms with E-state index in [1.807, 2.05) is 51.1 Å². The van der Waals surface area contributed by atoms with Gasteiger partial charge in [-0.05, 0) is 38.0 Å². The molecule has 1 aromatic carbocycles. The summed E-state index contributed by atoms with van der Waals surface area (Å²) in [4.78, 5) is 13.5. The molecule has 1 N–H and O–H groups in total. The van der Waals surface area contributed by atoms with Gasteiger partial charge in [0.15, 0.2) is 0 Å². The van der Waals surface area contributed by atoms with E-state index in [0.29, 0.717) is 6.54 Å². The van der Waals surface area contributed by atoms with Crippen molar-refractivity contribution in [3.63, 3.8) is 0 Å². The minimum atomic E-state index is -0.466. The van der Waals surface area contributed by atoms with E-state index in [-0.39, 0.29) is 6.09 Å². The molecular formula is C18H24N2O2. The fourth-order valence-electron chi connectivity index (χ4n) is 2.06. The van der Waals surface area contributed by atoms with Crippen molar-refractivity contribution in [1.29, 1.82) is 0 Å². The molecule has 2 rings (SSSR count). The highest BCUT2D eigenvalue weighted by Gasteiger charge is 2.21. The van der Waals surface area contributed by atoms with E-state index < -0.39 is 5.60 Å². The summed E-state index contributed by atoms with van der Waals surface area (Å²) in [6.45, 7) is 7.77. The van der Waals surface area contributed by atoms with Crippen LogP contribution in [-0.2, 0) is 11.3 Å². The minimum Gasteiger partial charge on any atom is -0.443 e. The van der Waals surface area contributed by atoms with E-state index in [0.717, 1.165) is 13.1 Å². The Morgan fingerprint density at radius 3 is 2.55 bits per heavy atom. The highest BCUT2D eigenvalue weighted by molar-refractivity contribution is 5.70. The average molecular weight is 300 g/mol. The topological polar surface area (TPSA) is 41.6 Å². The Bertz CT molecular complexity index is 556. The fourth-order valence-corrected chi connectivity index (χ4v) is 2.06. The lowest BCUT2D eigenvalue weighted by Gasteiger charge is -2.26. The SMILES string of the molecule is CC(C)(C)OC(=O)N1C=CC(CNCc2ccccc2)=CC1. The molecule has 0 aliphatic carbocycles. The van der Waals surface area contributed by atoms with Crippen molar-refractivity contribution < 1.29 is 9.53 Å². The number of hydrogen-bond acceptors (Lipinski definition) is 3. The van der Waals surface area contributed by atoms with Gasteiger partial charge in [-0.3, -0.25) is 4.90 Å². The smallest absolute Gasteiger partial charge is 0.414 e. The van der Waals surface area contributed by atoms with Crippen LogP contribution < -0.4 is 5.32 Å². The Morgan fingerprint density at radius 1 is 1.23 bits per heavy atom. The van der Waals surface area contributed by atoms with Crippen molar-refractivity contribution in [2.24, 2.45) is 0 Å². The first-order chi connectivity index (χ1) is 10.4. The molecule has 1 aliphatic heterocycles. The quantitative estimate of drug-likeness (QED) is 0.926. The molecular weight excluding hydrogens is 276 g/mol. The number of carbonyl (C=O) groups is 1. The van der Waals surface area contributed by atoms with Crippen LogP contribution in [0, 0.1) is 0 Å². The van der Waals surface area contributed by atoms with Gasteiger partial charge < -0.3 is 10.1 Å². The van der Waals surface area contributed by atoms with Crippen LogP contribution in [0.3, 0.4) is 0 Å². The lowest BCUT2D eigenvalue weighted by Crippen LogP contribution is -2.35. The maximum Gasteiger partial charge on any atom is 0.414 e. The van der Waals surface area contributed by atoms with Gasteiger partial charge in [-0.1, -0.05) is 36.4 Å². The first-order valence-electron chi connectivity index (χ1n) is 7.55. The molecule has 0 aromatic heterocycles. The second-order valence-electron chi connectivity index (χ2n) is 6.32. The highest BCUT2D eigenvalue weighted by atomic mass is 16.6. The maximum absolute atomic E-state index is 11.9. The van der Waals surface area contributed by atoms with Crippen LogP contribution in [-0.4, -0.2) is 29.7 Å². The third-order valence-corrected chi connectivity index (χ3v) is 3.15. The summed E-state index contributed by atoms with van der Waals surface area (Å²) in [6.07, 6.45) is 5.47. The van der Waals surface area contributed by atoms with E-state index in [1.165, 1.54) is 11.1 Å². The monoisotopic (exact) mass is 300 g/mol. The second kappa shape index (κ2) is 7.27. The van der Waals surface area contributed by atoms with Gasteiger partial charge in [-0.25, -0.2) is 4.79 Å². The van der Waals surface area contributed by atoms with E-state index in [1.54, 1.807) is 11.1 Å². The summed E-state index contributed by atoms with van der Waals surface area (Å²) in [5, 5.41) is 3.40. The van der Waals surface area contributed by atoms with Gasteiger partial charge in [0, 0.05) is 25.8 Å². The highest BCUT2D eigenvalue weighted by Crippen LogP contribution is 2.13. The molecule has 0 unspecified atom stereocenters. The molecule has 0 spiro atoms. The van der Waals surface area contributed by atoms with Crippen molar-refractivity contribution in [3.05, 3.63) is 59.8 Å². The third kappa shape index (κ3) is 5.37. The van der Waals surface area contributed by atoms with Gasteiger partial charge in [0.25, 0.3) is 0 Å². The minimum absolute atomic E-state index is 0.309. The van der Waals surface area contributed by atoms with Crippen LogP contribution in [0.1, 0.15) is 26.3 Å². The van der Waals surface area contributed by atoms with Gasteiger partial charge in [-0.2, -0.15) is 0 Å². The molecule has 0 saturated heterocycles. The predicted octanol–water partition coefficient (Wildman–Crippen LogP) is 3.47. The lowest BCUT2D eigenvalue weighted by atomic mass is 10.1. The molecule has 1 amide bonds. The Balaban J connectivity index is 1.75. The number of nitrogens with zero attached hydrogens (tertiary/aromatic N) is 1. The Labute approximate surface area is 132 Å². The van der Waals surface area contributed by atoms with Crippen LogP contribution in [0.5, 0.6) is 0 Å². The van der Waals surface area contributed by atoms with Gasteiger partial charge in [0.2, 0.25) is 0 Å². The first kappa shape index (κ1) is 16.3. The van der Waals surface area contributed by atoms with E-state index in [9.17, 15) is 4.79 Å². The molecule has 4 nitrogen and oxygen atoms in total. The number of nitrogens with one attached hydrogen (secondary N) is 1. The van der Waals surface area contributed by atoms with Crippen molar-refractivity contribution in [3.8, 4) is 0 Å². The molecule has 0 fully saturated rings. The molecule has 4 heteroatoms. The van der Waals surface area contributed by atoms with Crippen LogP contribution in [0.25, 0.3) is 0 Å². The summed E-state index contributed by atoms with van der Waals surface area (Å²) in [5.74, 6) is 0. The van der Waals surface area contributed by atoms with Crippen LogP contribution >= 0.6 is 0 Å². The molecule has 0 saturated carbocycles. The fraction of sp³-hybridized carbons (Fsp3) is 0.389. The molecule has 0 radical (unpaired) electrons. The zero-order chi connectivity index (χ0) is 16.0. The maximum atomic E-state index is 11.9. The molecule has 1 heterocycles. The summed E-state index contributed by atoms with van der Waals surface area (Å²) >= 11 is 0. The Kier molecular flexibility index (Phi) is 5.39. The molecule has 1 aromatic rings. The average Bonchev–Trinajstić information content (AvgIpc) is 2.47. The summed E-state index contributed by atoms with van der Waals surface area (Å²) in [7, 11) is 0. The van der Waals surface area contributed by atoms with Crippen LogP contribution in [0.2, 0.25) is 0 Å². The van der Waals surface area contributed by atoms with Crippen molar-refractivity contribution in [1.82, 2.24) is 10.2 Å². The summed E-state index contributed by atoms with van der Waals surface area (Å²) in [6, 6.07) is 10.3. The number of amides is 1. The molecule has 22 heavy (non-hydrogen) atoms. The zero-order valence-corrected chi connectivity index (χ0v) is 13.5. The van der Waals surface area contributed by atoms with Gasteiger partial charge >= 0.3 is 6.09 Å². The Hall–Kier alpha value is -2.07. The second-order valence-corrected chi connectivity index (χ2v) is 6.32. The van der Waals surface area contributed by atoms with Crippen molar-refractivity contribution >= 4 is 6.09 Å². The predicted molar refractivity (Wildman–Crippen MR) is 88.3 cm³/mol. The van der Waals surface area contributed by atoms with E-state index in [2.05, 4.69) is 17.4 Å². The Morgan fingerprint density at radius 2 is 1.95 bits per heavy atom. The standard InChI is InChI=1S/C18H24N2O2/c1-18(2,3)22-17(21)20-11-9-16(10-12-20)14-19-13-15-7-5-4-6-8-15/h4-11,19H,12-14H2,1-3H3. The summed E-state index contributed by atoms with van der Waals surface area (Å²) in [5.41, 5.74) is 1.97. The van der Waals surface area contributed by atoms with Crippen molar-refractivity contribution in [2.75, 3.05) is 13.1 Å². The number of hydrogen-bond donors (Lipinski definition) is 1. The molecule has 0 atom stereocenters.